The summed E-state index contributed by atoms with van der Waals surface area (Å²) >= 11 is 0. The summed E-state index contributed by atoms with van der Waals surface area (Å²) in [5.41, 5.74) is 0. The fourth-order valence-corrected chi connectivity index (χ4v) is 12.0. The SMILES string of the molecule is CCCCCC/C=C\C=C/CCCCCCCC(=O)OC[C@H](COP(=O)(O)OC[C@@H](O)COP(=O)(O)OC[C@@H](COC(=O)CCCCCCCCCC)OC(=O)CCCCCCCCCCCC(C)C)OC(=O)CCCCCCCCCCCCCCCCCC. The second-order valence-electron chi connectivity index (χ2n) is 25.8. The number of carbonyl (C=O) groups excluding carboxylic acids is 4. The van der Waals surface area contributed by atoms with Crippen LogP contribution in [-0.2, 0) is 65.4 Å². The van der Waals surface area contributed by atoms with Crippen molar-refractivity contribution >= 4 is 39.5 Å². The standard InChI is InChI=1S/C72H136O17P2/c1-6-9-12-15-18-21-23-25-27-29-31-33-37-42-47-52-57-71(76)88-68(62-83-70(75)56-51-46-41-36-32-30-28-26-24-22-19-16-13-10-7-2)64-87-91(80,81)85-60-66(73)59-84-90(78,79)86-63-67(61-82-69(74)55-50-45-40-20-17-14-11-8-3)89-72(77)58-53-48-43-38-34-35-39-44-49-54-65(4)5/h22,24,26,28,65-68,73H,6-21,23,25,27,29-64H2,1-5H3,(H,78,79)(H,80,81)/b24-22-,28-26-/t66-,67+,68+/m0/s1. The van der Waals surface area contributed by atoms with Gasteiger partial charge < -0.3 is 33.8 Å². The number of esters is 4. The molecule has 91 heavy (non-hydrogen) atoms. The van der Waals surface area contributed by atoms with Crippen LogP contribution in [0.3, 0.4) is 0 Å². The molecule has 2 unspecified atom stereocenters. The monoisotopic (exact) mass is 1330 g/mol. The van der Waals surface area contributed by atoms with Crippen molar-refractivity contribution in [2.75, 3.05) is 39.6 Å². The first kappa shape index (κ1) is 88.5. The first-order valence-electron chi connectivity index (χ1n) is 37.0. The Morgan fingerprint density at radius 3 is 0.901 bits per heavy atom. The van der Waals surface area contributed by atoms with Crippen LogP contribution in [0.4, 0.5) is 0 Å². The Bertz CT molecular complexity index is 1850. The highest BCUT2D eigenvalue weighted by Crippen LogP contribution is 2.45. The highest BCUT2D eigenvalue weighted by molar-refractivity contribution is 7.47. The van der Waals surface area contributed by atoms with Gasteiger partial charge in [0.1, 0.15) is 19.3 Å². The van der Waals surface area contributed by atoms with Gasteiger partial charge in [-0.3, -0.25) is 37.3 Å². The number of phosphoric acid groups is 2. The second kappa shape index (κ2) is 64.9. The highest BCUT2D eigenvalue weighted by Gasteiger charge is 2.30. The molecule has 0 aromatic rings. The highest BCUT2D eigenvalue weighted by atomic mass is 31.2. The van der Waals surface area contributed by atoms with E-state index in [1.54, 1.807) is 0 Å². The van der Waals surface area contributed by atoms with Crippen molar-refractivity contribution in [3.05, 3.63) is 24.3 Å². The average Bonchev–Trinajstić information content (AvgIpc) is 3.67. The summed E-state index contributed by atoms with van der Waals surface area (Å²) in [7, 11) is -9.91. The molecule has 0 bridgehead atoms. The van der Waals surface area contributed by atoms with Crippen molar-refractivity contribution in [1.82, 2.24) is 0 Å². The van der Waals surface area contributed by atoms with Gasteiger partial charge in [-0.05, 0) is 57.3 Å². The third kappa shape index (κ3) is 66.0. The molecule has 0 radical (unpaired) electrons. The largest absolute Gasteiger partial charge is 0.472 e. The van der Waals surface area contributed by atoms with Gasteiger partial charge in [0, 0.05) is 25.7 Å². The molecule has 5 atom stereocenters. The molecule has 0 aromatic heterocycles. The van der Waals surface area contributed by atoms with E-state index in [1.165, 1.54) is 148 Å². The van der Waals surface area contributed by atoms with Gasteiger partial charge in [-0.15, -0.1) is 0 Å². The number of aliphatic hydroxyl groups is 1. The number of carbonyl (C=O) groups is 4. The molecule has 0 aromatic carbocycles. The number of hydrogen-bond donors (Lipinski definition) is 3. The summed E-state index contributed by atoms with van der Waals surface area (Å²) in [5, 5.41) is 10.6. The molecule has 0 spiro atoms. The van der Waals surface area contributed by atoms with Gasteiger partial charge in [0.05, 0.1) is 26.4 Å². The van der Waals surface area contributed by atoms with Crippen LogP contribution >= 0.6 is 15.6 Å². The molecule has 0 rings (SSSR count). The molecule has 17 nitrogen and oxygen atoms in total. The number of unbranched alkanes of at least 4 members (excludes halogenated alkanes) is 39. The van der Waals surface area contributed by atoms with Crippen LogP contribution in [0.2, 0.25) is 0 Å². The number of hydrogen-bond acceptors (Lipinski definition) is 15. The van der Waals surface area contributed by atoms with Gasteiger partial charge in [0.2, 0.25) is 0 Å². The van der Waals surface area contributed by atoms with E-state index in [0.29, 0.717) is 25.7 Å². The molecule has 0 aliphatic rings. The van der Waals surface area contributed by atoms with Crippen LogP contribution in [0.15, 0.2) is 24.3 Å². The lowest BCUT2D eigenvalue weighted by molar-refractivity contribution is -0.161. The molecule has 0 amide bonds. The summed E-state index contributed by atoms with van der Waals surface area (Å²) in [6, 6.07) is 0. The summed E-state index contributed by atoms with van der Waals surface area (Å²) in [4.78, 5) is 72.5. The molecule has 19 heteroatoms. The lowest BCUT2D eigenvalue weighted by Crippen LogP contribution is -2.30. The van der Waals surface area contributed by atoms with Crippen molar-refractivity contribution in [2.24, 2.45) is 5.92 Å². The quantitative estimate of drug-likeness (QED) is 0.0169. The van der Waals surface area contributed by atoms with Gasteiger partial charge in [-0.25, -0.2) is 9.13 Å². The topological polar surface area (TPSA) is 237 Å². The summed E-state index contributed by atoms with van der Waals surface area (Å²) in [6.45, 7) is 7.15. The van der Waals surface area contributed by atoms with E-state index in [9.17, 15) is 43.2 Å². The number of ether oxygens (including phenoxy) is 4. The maximum absolute atomic E-state index is 13.0. The maximum Gasteiger partial charge on any atom is 0.472 e. The minimum absolute atomic E-state index is 0.101. The first-order valence-corrected chi connectivity index (χ1v) is 39.9. The van der Waals surface area contributed by atoms with Crippen molar-refractivity contribution in [3.8, 4) is 0 Å². The molecule has 0 saturated carbocycles. The van der Waals surface area contributed by atoms with E-state index in [2.05, 4.69) is 58.9 Å². The fraction of sp³-hybridized carbons (Fsp3) is 0.889. The Balaban J connectivity index is 5.26. The fourth-order valence-electron chi connectivity index (χ4n) is 10.5. The van der Waals surface area contributed by atoms with E-state index in [1.807, 2.05) is 0 Å². The summed E-state index contributed by atoms with van der Waals surface area (Å²) < 4.78 is 68.3. The van der Waals surface area contributed by atoms with E-state index in [-0.39, 0.29) is 25.7 Å². The number of allylic oxidation sites excluding steroid dienone is 4. The number of phosphoric ester groups is 2. The van der Waals surface area contributed by atoms with Crippen LogP contribution in [0, 0.1) is 5.92 Å². The Labute approximate surface area is 554 Å². The van der Waals surface area contributed by atoms with Gasteiger partial charge in [0.25, 0.3) is 0 Å². The minimum atomic E-state index is -4.96. The molecule has 3 N–H and O–H groups in total. The Morgan fingerprint density at radius 2 is 0.593 bits per heavy atom. The van der Waals surface area contributed by atoms with Crippen LogP contribution in [0.5, 0.6) is 0 Å². The minimum Gasteiger partial charge on any atom is -0.462 e. The zero-order valence-corrected chi connectivity index (χ0v) is 60.3. The molecular formula is C72H136O17P2. The Hall–Kier alpha value is -2.46. The predicted octanol–water partition coefficient (Wildman–Crippen LogP) is 20.5. The van der Waals surface area contributed by atoms with Crippen LogP contribution in [0.1, 0.15) is 349 Å². The normalized spacial score (nSPS) is 14.2. The van der Waals surface area contributed by atoms with Gasteiger partial charge >= 0.3 is 39.5 Å². The lowest BCUT2D eigenvalue weighted by atomic mass is 10.0. The molecule has 0 aliphatic carbocycles. The van der Waals surface area contributed by atoms with Gasteiger partial charge in [0.15, 0.2) is 12.2 Å². The van der Waals surface area contributed by atoms with Crippen molar-refractivity contribution in [2.45, 2.75) is 368 Å². The maximum atomic E-state index is 13.0. The predicted molar refractivity (Wildman–Crippen MR) is 368 cm³/mol. The van der Waals surface area contributed by atoms with Crippen LogP contribution in [-0.4, -0.2) is 96.7 Å². The molecule has 0 heterocycles. The molecular weight excluding hydrogens is 1200 g/mol. The van der Waals surface area contributed by atoms with Gasteiger partial charge in [-0.2, -0.15) is 0 Å². The lowest BCUT2D eigenvalue weighted by Gasteiger charge is -2.21. The first-order chi connectivity index (χ1) is 44.0. The molecule has 0 saturated heterocycles. The van der Waals surface area contributed by atoms with E-state index in [4.69, 9.17) is 37.0 Å². The third-order valence-corrected chi connectivity index (χ3v) is 18.1. The zero-order valence-electron chi connectivity index (χ0n) is 58.5. The van der Waals surface area contributed by atoms with Crippen molar-refractivity contribution in [1.29, 1.82) is 0 Å². The van der Waals surface area contributed by atoms with Gasteiger partial charge in [-0.1, -0.05) is 296 Å². The van der Waals surface area contributed by atoms with Crippen molar-refractivity contribution < 1.29 is 80.2 Å². The van der Waals surface area contributed by atoms with Crippen molar-refractivity contribution in [3.63, 3.8) is 0 Å². The Morgan fingerprint density at radius 1 is 0.341 bits per heavy atom. The van der Waals surface area contributed by atoms with E-state index < -0.39 is 97.5 Å². The number of rotatable bonds is 70. The van der Waals surface area contributed by atoms with Crippen LogP contribution in [0.25, 0.3) is 0 Å². The Kier molecular flexibility index (Phi) is 63.1. The molecule has 0 aliphatic heterocycles. The third-order valence-electron chi connectivity index (χ3n) is 16.2. The summed E-state index contributed by atoms with van der Waals surface area (Å²) in [5.74, 6) is -1.42. The van der Waals surface area contributed by atoms with Crippen LogP contribution < -0.4 is 0 Å². The second-order valence-corrected chi connectivity index (χ2v) is 28.7. The summed E-state index contributed by atoms with van der Waals surface area (Å²) in [6.07, 6.45) is 54.9. The molecule has 536 valence electrons. The number of aliphatic hydroxyl groups excluding tert-OH is 1. The average molecular weight is 1340 g/mol. The zero-order chi connectivity index (χ0) is 67.0. The smallest absolute Gasteiger partial charge is 0.462 e. The van der Waals surface area contributed by atoms with E-state index in [0.717, 1.165) is 121 Å². The van der Waals surface area contributed by atoms with E-state index >= 15 is 0 Å². The molecule has 0 fully saturated rings.